The molecule has 0 radical (unpaired) electrons. The number of methoxy groups -OCH3 is 1. The topological polar surface area (TPSA) is 109 Å². The van der Waals surface area contributed by atoms with Crippen molar-refractivity contribution in [1.82, 2.24) is 0 Å². The molecule has 0 atom stereocenters. The molecule has 0 fully saturated rings. The highest BCUT2D eigenvalue weighted by atomic mass is 32.1. The number of rotatable bonds is 10. The number of hydrogen-bond donors (Lipinski definition) is 0. The molecule has 37 heavy (non-hydrogen) atoms. The van der Waals surface area contributed by atoms with Crippen LogP contribution in [-0.2, 0) is 22.6 Å². The number of carbonyl (C=O) groups excluding carboxylic acids is 2. The van der Waals surface area contributed by atoms with Gasteiger partial charge in [0.2, 0.25) is 0 Å². The second kappa shape index (κ2) is 12.5. The predicted molar refractivity (Wildman–Crippen MR) is 136 cm³/mol. The summed E-state index contributed by atoms with van der Waals surface area (Å²) in [5.41, 5.74) is 1.45. The fourth-order valence-electron chi connectivity index (χ4n) is 3.48. The van der Waals surface area contributed by atoms with E-state index >= 15 is 0 Å². The second-order valence-corrected chi connectivity index (χ2v) is 8.85. The Balaban J connectivity index is 1.81. The lowest BCUT2D eigenvalue weighted by molar-refractivity contribution is -0.114. The number of halogens is 1. The molecule has 1 aromatic heterocycles. The van der Waals surface area contributed by atoms with E-state index in [9.17, 15) is 24.5 Å². The van der Waals surface area contributed by atoms with Crippen LogP contribution in [0.5, 0.6) is 11.5 Å². The van der Waals surface area contributed by atoms with Crippen LogP contribution in [0.3, 0.4) is 0 Å². The van der Waals surface area contributed by atoms with Gasteiger partial charge in [-0.15, -0.1) is 11.3 Å². The zero-order chi connectivity index (χ0) is 26.9. The minimum absolute atomic E-state index is 0.00457. The highest BCUT2D eigenvalue weighted by molar-refractivity contribution is 7.14. The fraction of sp³-hybridized carbons (Fsp3) is 0.214. The van der Waals surface area contributed by atoms with Crippen LogP contribution in [0.2, 0.25) is 0 Å². The SMILES string of the molecule is CCOC(=O)c1sc(CC(=O)C(C#N)=Cc2ccc(OCc3ccccc3F)c(OC)c2)c(C#N)c1C. The summed E-state index contributed by atoms with van der Waals surface area (Å²) in [5, 5.41) is 19.2. The molecule has 0 N–H and O–H groups in total. The van der Waals surface area contributed by atoms with E-state index in [-0.39, 0.29) is 41.5 Å². The molecular formula is C28H23FN2O5S. The third-order valence-corrected chi connectivity index (χ3v) is 6.65. The Kier molecular flexibility index (Phi) is 9.15. The van der Waals surface area contributed by atoms with Gasteiger partial charge < -0.3 is 14.2 Å². The van der Waals surface area contributed by atoms with Crippen LogP contribution >= 0.6 is 11.3 Å². The van der Waals surface area contributed by atoms with E-state index in [1.807, 2.05) is 12.1 Å². The lowest BCUT2D eigenvalue weighted by Crippen LogP contribution is -2.05. The number of hydrogen-bond acceptors (Lipinski definition) is 8. The van der Waals surface area contributed by atoms with E-state index < -0.39 is 11.8 Å². The number of nitriles is 2. The normalized spacial score (nSPS) is 10.8. The zero-order valence-corrected chi connectivity index (χ0v) is 21.3. The quantitative estimate of drug-likeness (QED) is 0.197. The average molecular weight is 519 g/mol. The van der Waals surface area contributed by atoms with Crippen LogP contribution in [0.4, 0.5) is 4.39 Å². The molecule has 0 spiro atoms. The number of carbonyl (C=O) groups is 2. The number of ether oxygens (including phenoxy) is 3. The minimum Gasteiger partial charge on any atom is -0.493 e. The Bertz CT molecular complexity index is 1450. The zero-order valence-electron chi connectivity index (χ0n) is 20.5. The Morgan fingerprint density at radius 1 is 1.14 bits per heavy atom. The summed E-state index contributed by atoms with van der Waals surface area (Å²) in [7, 11) is 1.44. The van der Waals surface area contributed by atoms with Crippen LogP contribution in [0, 0.1) is 35.4 Å². The first-order valence-corrected chi connectivity index (χ1v) is 12.0. The van der Waals surface area contributed by atoms with Crippen molar-refractivity contribution in [2.24, 2.45) is 0 Å². The van der Waals surface area contributed by atoms with Crippen molar-refractivity contribution in [3.63, 3.8) is 0 Å². The van der Waals surface area contributed by atoms with Gasteiger partial charge in [0, 0.05) is 16.9 Å². The molecule has 0 aliphatic rings. The van der Waals surface area contributed by atoms with Gasteiger partial charge in [-0.1, -0.05) is 24.3 Å². The Hall–Kier alpha value is -4.47. The van der Waals surface area contributed by atoms with Crippen LogP contribution in [0.1, 0.15) is 43.7 Å². The molecule has 0 aliphatic heterocycles. The van der Waals surface area contributed by atoms with E-state index in [1.165, 1.54) is 19.3 Å². The summed E-state index contributed by atoms with van der Waals surface area (Å²) in [6, 6.07) is 15.0. The summed E-state index contributed by atoms with van der Waals surface area (Å²) in [6.45, 7) is 3.48. The van der Waals surface area contributed by atoms with Crippen LogP contribution < -0.4 is 9.47 Å². The summed E-state index contributed by atoms with van der Waals surface area (Å²) in [5.74, 6) is -0.732. The monoisotopic (exact) mass is 518 g/mol. The van der Waals surface area contributed by atoms with Crippen molar-refractivity contribution in [3.8, 4) is 23.6 Å². The van der Waals surface area contributed by atoms with Crippen molar-refractivity contribution in [2.75, 3.05) is 13.7 Å². The van der Waals surface area contributed by atoms with Crippen LogP contribution in [0.15, 0.2) is 48.0 Å². The van der Waals surface area contributed by atoms with Gasteiger partial charge in [-0.25, -0.2) is 9.18 Å². The summed E-state index contributed by atoms with van der Waals surface area (Å²) >= 11 is 1.02. The van der Waals surface area contributed by atoms with Gasteiger partial charge in [-0.2, -0.15) is 10.5 Å². The van der Waals surface area contributed by atoms with E-state index in [1.54, 1.807) is 50.2 Å². The van der Waals surface area contributed by atoms with E-state index in [2.05, 4.69) is 0 Å². The molecule has 0 amide bonds. The molecule has 7 nitrogen and oxygen atoms in total. The minimum atomic E-state index is -0.555. The van der Waals surface area contributed by atoms with E-state index in [4.69, 9.17) is 14.2 Å². The fourth-order valence-corrected chi connectivity index (χ4v) is 4.63. The maximum atomic E-state index is 13.9. The van der Waals surface area contributed by atoms with E-state index in [0.29, 0.717) is 33.1 Å². The maximum Gasteiger partial charge on any atom is 0.348 e. The van der Waals surface area contributed by atoms with Crippen molar-refractivity contribution < 1.29 is 28.2 Å². The molecule has 3 aromatic rings. The van der Waals surface area contributed by atoms with Crippen molar-refractivity contribution in [1.29, 1.82) is 10.5 Å². The highest BCUT2D eigenvalue weighted by Crippen LogP contribution is 2.31. The lowest BCUT2D eigenvalue weighted by Gasteiger charge is -2.12. The Morgan fingerprint density at radius 2 is 1.89 bits per heavy atom. The van der Waals surface area contributed by atoms with Crippen LogP contribution in [-0.4, -0.2) is 25.5 Å². The summed E-state index contributed by atoms with van der Waals surface area (Å²) < 4.78 is 30.0. The molecule has 188 valence electrons. The molecular weight excluding hydrogens is 495 g/mol. The number of nitrogens with zero attached hydrogens (tertiary/aromatic N) is 2. The first kappa shape index (κ1) is 27.1. The molecule has 1 heterocycles. The number of ketones is 1. The van der Waals surface area contributed by atoms with Gasteiger partial charge >= 0.3 is 5.97 Å². The predicted octanol–water partition coefficient (Wildman–Crippen LogP) is 5.55. The van der Waals surface area contributed by atoms with Crippen molar-refractivity contribution in [2.45, 2.75) is 26.9 Å². The largest absolute Gasteiger partial charge is 0.493 e. The van der Waals surface area contributed by atoms with Gasteiger partial charge in [0.25, 0.3) is 0 Å². The van der Waals surface area contributed by atoms with Gasteiger partial charge in [0.15, 0.2) is 17.3 Å². The Labute approximate surface area is 217 Å². The van der Waals surface area contributed by atoms with Gasteiger partial charge in [-0.3, -0.25) is 4.79 Å². The molecule has 0 unspecified atom stereocenters. The first-order chi connectivity index (χ1) is 17.8. The lowest BCUT2D eigenvalue weighted by atomic mass is 10.0. The van der Waals surface area contributed by atoms with Gasteiger partial charge in [0.1, 0.15) is 29.4 Å². The van der Waals surface area contributed by atoms with E-state index in [0.717, 1.165) is 11.3 Å². The van der Waals surface area contributed by atoms with Crippen molar-refractivity contribution in [3.05, 3.63) is 85.9 Å². The third kappa shape index (κ3) is 6.40. The van der Waals surface area contributed by atoms with Gasteiger partial charge in [0.05, 0.1) is 24.9 Å². The number of benzene rings is 2. The average Bonchev–Trinajstić information content (AvgIpc) is 3.21. The van der Waals surface area contributed by atoms with Gasteiger partial charge in [-0.05, 0) is 49.2 Å². The molecule has 3 rings (SSSR count). The molecule has 2 aromatic carbocycles. The second-order valence-electron chi connectivity index (χ2n) is 7.75. The standard InChI is InChI=1S/C28H23FN2O5S/c1-4-35-28(33)27-17(2)21(15-31)26(37-27)13-23(32)20(14-30)11-18-9-10-24(25(12-18)34-3)36-16-19-7-5-6-8-22(19)29/h5-12H,4,13,16H2,1-3H3. The highest BCUT2D eigenvalue weighted by Gasteiger charge is 2.23. The molecule has 0 bridgehead atoms. The molecule has 9 heteroatoms. The number of esters is 1. The molecule has 0 aliphatic carbocycles. The Morgan fingerprint density at radius 3 is 2.54 bits per heavy atom. The summed E-state index contributed by atoms with van der Waals surface area (Å²) in [4.78, 5) is 25.8. The summed E-state index contributed by atoms with van der Waals surface area (Å²) in [6.07, 6.45) is 1.19. The third-order valence-electron chi connectivity index (χ3n) is 5.37. The van der Waals surface area contributed by atoms with Crippen LogP contribution in [0.25, 0.3) is 6.08 Å². The maximum absolute atomic E-state index is 13.9. The first-order valence-electron chi connectivity index (χ1n) is 11.2. The number of thiophene rings is 1. The van der Waals surface area contributed by atoms with Crippen molar-refractivity contribution >= 4 is 29.2 Å². The molecule has 0 saturated heterocycles. The number of Topliss-reactive ketones (excluding diaryl/α,β-unsaturated/α-hetero) is 1. The smallest absolute Gasteiger partial charge is 0.348 e. The number of allylic oxidation sites excluding steroid dienone is 1. The molecule has 0 saturated carbocycles.